The third-order valence-corrected chi connectivity index (χ3v) is 3.97. The zero-order valence-electron chi connectivity index (χ0n) is 10.4. The fourth-order valence-electron chi connectivity index (χ4n) is 2.86. The van der Waals surface area contributed by atoms with E-state index in [1.165, 1.54) is 31.2 Å². The fourth-order valence-corrected chi connectivity index (χ4v) is 2.86. The summed E-state index contributed by atoms with van der Waals surface area (Å²) in [6, 6.07) is 0. The smallest absolute Gasteiger partial charge is 0.0540 e. The van der Waals surface area contributed by atoms with Gasteiger partial charge in [-0.3, -0.25) is 4.68 Å². The molecule has 3 nitrogen and oxygen atoms in total. The van der Waals surface area contributed by atoms with Gasteiger partial charge in [0.25, 0.3) is 0 Å². The lowest BCUT2D eigenvalue weighted by Crippen LogP contribution is -2.40. The second-order valence-electron chi connectivity index (χ2n) is 5.29. The summed E-state index contributed by atoms with van der Waals surface area (Å²) >= 11 is 0. The molecule has 0 amide bonds. The van der Waals surface area contributed by atoms with Gasteiger partial charge in [0.15, 0.2) is 0 Å². The SMILES string of the molecule is CCCC1CCC(N)(c2cnn(C)c2)CC1. The first-order valence-corrected chi connectivity index (χ1v) is 6.42. The molecule has 1 fully saturated rings. The zero-order chi connectivity index (χ0) is 11.6. The van der Waals surface area contributed by atoms with Crippen LogP contribution >= 0.6 is 0 Å². The van der Waals surface area contributed by atoms with Gasteiger partial charge in [-0.05, 0) is 31.6 Å². The van der Waals surface area contributed by atoms with Gasteiger partial charge in [-0.25, -0.2) is 0 Å². The number of nitrogens with two attached hydrogens (primary N) is 1. The molecular weight excluding hydrogens is 198 g/mol. The number of aromatic nitrogens is 2. The summed E-state index contributed by atoms with van der Waals surface area (Å²) in [4.78, 5) is 0. The van der Waals surface area contributed by atoms with Crippen LogP contribution in [0.2, 0.25) is 0 Å². The maximum Gasteiger partial charge on any atom is 0.0540 e. The first-order chi connectivity index (χ1) is 7.64. The highest BCUT2D eigenvalue weighted by molar-refractivity contribution is 5.18. The molecule has 0 spiro atoms. The number of nitrogens with zero attached hydrogens (tertiary/aromatic N) is 2. The lowest BCUT2D eigenvalue weighted by Gasteiger charge is -2.36. The molecule has 1 heterocycles. The Morgan fingerprint density at radius 1 is 1.50 bits per heavy atom. The van der Waals surface area contributed by atoms with Crippen LogP contribution in [0.4, 0.5) is 0 Å². The predicted octanol–water partition coefficient (Wildman–Crippen LogP) is 2.56. The molecule has 1 aromatic rings. The van der Waals surface area contributed by atoms with E-state index in [2.05, 4.69) is 18.2 Å². The Balaban J connectivity index is 2.01. The van der Waals surface area contributed by atoms with Crippen molar-refractivity contribution < 1.29 is 0 Å². The van der Waals surface area contributed by atoms with Gasteiger partial charge in [0.1, 0.15) is 0 Å². The van der Waals surface area contributed by atoms with Crippen molar-refractivity contribution >= 4 is 0 Å². The summed E-state index contributed by atoms with van der Waals surface area (Å²) < 4.78 is 1.85. The topological polar surface area (TPSA) is 43.8 Å². The minimum absolute atomic E-state index is 0.113. The van der Waals surface area contributed by atoms with Crippen LogP contribution in [0.15, 0.2) is 12.4 Å². The van der Waals surface area contributed by atoms with Gasteiger partial charge in [0.2, 0.25) is 0 Å². The summed E-state index contributed by atoms with van der Waals surface area (Å²) in [5.74, 6) is 0.901. The van der Waals surface area contributed by atoms with Crippen LogP contribution in [0, 0.1) is 5.92 Å². The van der Waals surface area contributed by atoms with Gasteiger partial charge in [-0.15, -0.1) is 0 Å². The second kappa shape index (κ2) is 4.58. The first kappa shape index (κ1) is 11.6. The van der Waals surface area contributed by atoms with Crippen LogP contribution in [-0.2, 0) is 12.6 Å². The monoisotopic (exact) mass is 221 g/mol. The molecule has 1 saturated carbocycles. The Morgan fingerprint density at radius 2 is 2.19 bits per heavy atom. The van der Waals surface area contributed by atoms with E-state index in [-0.39, 0.29) is 5.54 Å². The molecule has 0 atom stereocenters. The van der Waals surface area contributed by atoms with E-state index >= 15 is 0 Å². The van der Waals surface area contributed by atoms with Gasteiger partial charge < -0.3 is 5.73 Å². The first-order valence-electron chi connectivity index (χ1n) is 6.42. The highest BCUT2D eigenvalue weighted by Crippen LogP contribution is 2.38. The minimum Gasteiger partial charge on any atom is -0.321 e. The molecule has 0 unspecified atom stereocenters. The normalized spacial score (nSPS) is 30.6. The zero-order valence-corrected chi connectivity index (χ0v) is 10.4. The van der Waals surface area contributed by atoms with E-state index in [1.54, 1.807) is 0 Å². The molecule has 90 valence electrons. The average Bonchev–Trinajstić information content (AvgIpc) is 2.70. The quantitative estimate of drug-likeness (QED) is 0.852. The van der Waals surface area contributed by atoms with Crippen molar-refractivity contribution in [2.75, 3.05) is 0 Å². The van der Waals surface area contributed by atoms with E-state index in [1.807, 2.05) is 17.9 Å². The number of hydrogen-bond donors (Lipinski definition) is 1. The van der Waals surface area contributed by atoms with Gasteiger partial charge in [-0.1, -0.05) is 19.8 Å². The third kappa shape index (κ3) is 2.29. The van der Waals surface area contributed by atoms with E-state index in [0.717, 1.165) is 18.8 Å². The Morgan fingerprint density at radius 3 is 2.69 bits per heavy atom. The van der Waals surface area contributed by atoms with Crippen LogP contribution in [0.3, 0.4) is 0 Å². The van der Waals surface area contributed by atoms with Gasteiger partial charge in [0.05, 0.1) is 6.20 Å². The van der Waals surface area contributed by atoms with Crippen LogP contribution in [-0.4, -0.2) is 9.78 Å². The molecule has 2 N–H and O–H groups in total. The largest absolute Gasteiger partial charge is 0.321 e. The lowest BCUT2D eigenvalue weighted by molar-refractivity contribution is 0.226. The highest BCUT2D eigenvalue weighted by Gasteiger charge is 2.33. The summed E-state index contributed by atoms with van der Waals surface area (Å²) in [7, 11) is 1.95. The summed E-state index contributed by atoms with van der Waals surface area (Å²) in [6.45, 7) is 2.27. The van der Waals surface area contributed by atoms with Gasteiger partial charge in [0, 0.05) is 24.3 Å². The minimum atomic E-state index is -0.113. The molecule has 0 bridgehead atoms. The van der Waals surface area contributed by atoms with E-state index in [0.29, 0.717) is 0 Å². The lowest BCUT2D eigenvalue weighted by atomic mass is 9.73. The van der Waals surface area contributed by atoms with Crippen molar-refractivity contribution in [3.8, 4) is 0 Å². The summed E-state index contributed by atoms with van der Waals surface area (Å²) in [5.41, 5.74) is 7.60. The van der Waals surface area contributed by atoms with Gasteiger partial charge in [-0.2, -0.15) is 5.10 Å². The van der Waals surface area contributed by atoms with Crippen molar-refractivity contribution in [2.45, 2.75) is 51.0 Å². The number of aryl methyl sites for hydroxylation is 1. The third-order valence-electron chi connectivity index (χ3n) is 3.97. The maximum absolute atomic E-state index is 6.50. The summed E-state index contributed by atoms with van der Waals surface area (Å²) in [6.07, 6.45) is 11.4. The number of rotatable bonds is 3. The van der Waals surface area contributed by atoms with Crippen molar-refractivity contribution in [1.29, 1.82) is 0 Å². The number of hydrogen-bond acceptors (Lipinski definition) is 2. The average molecular weight is 221 g/mol. The Labute approximate surface area is 98.0 Å². The molecule has 0 aliphatic heterocycles. The molecule has 1 aromatic heterocycles. The van der Waals surface area contributed by atoms with Crippen molar-refractivity contribution in [1.82, 2.24) is 9.78 Å². The van der Waals surface area contributed by atoms with Crippen molar-refractivity contribution in [2.24, 2.45) is 18.7 Å². The molecule has 1 aliphatic carbocycles. The van der Waals surface area contributed by atoms with E-state index in [4.69, 9.17) is 5.73 Å². The van der Waals surface area contributed by atoms with Crippen LogP contribution in [0.25, 0.3) is 0 Å². The van der Waals surface area contributed by atoms with E-state index < -0.39 is 0 Å². The molecule has 16 heavy (non-hydrogen) atoms. The predicted molar refractivity (Wildman–Crippen MR) is 65.9 cm³/mol. The fraction of sp³-hybridized carbons (Fsp3) is 0.769. The highest BCUT2D eigenvalue weighted by atomic mass is 15.2. The van der Waals surface area contributed by atoms with Crippen LogP contribution < -0.4 is 5.73 Å². The Bertz CT molecular complexity index is 335. The summed E-state index contributed by atoms with van der Waals surface area (Å²) in [5, 5.41) is 4.23. The maximum atomic E-state index is 6.50. The molecule has 2 rings (SSSR count). The molecule has 0 saturated heterocycles. The molecule has 3 heteroatoms. The van der Waals surface area contributed by atoms with E-state index in [9.17, 15) is 0 Å². The van der Waals surface area contributed by atoms with Crippen LogP contribution in [0.1, 0.15) is 51.0 Å². The van der Waals surface area contributed by atoms with Crippen molar-refractivity contribution in [3.63, 3.8) is 0 Å². The molecular formula is C13H23N3. The molecule has 0 radical (unpaired) electrons. The Hall–Kier alpha value is -0.830. The molecule has 0 aromatic carbocycles. The van der Waals surface area contributed by atoms with Crippen LogP contribution in [0.5, 0.6) is 0 Å². The van der Waals surface area contributed by atoms with Gasteiger partial charge >= 0.3 is 0 Å². The molecule has 1 aliphatic rings. The van der Waals surface area contributed by atoms with Crippen molar-refractivity contribution in [3.05, 3.63) is 18.0 Å². The Kier molecular flexibility index (Phi) is 3.33. The second-order valence-corrected chi connectivity index (χ2v) is 5.29. The standard InChI is InChI=1S/C13H23N3/c1-3-4-11-5-7-13(14,8-6-11)12-9-15-16(2)10-12/h9-11H,3-8,14H2,1-2H3.